The number of hydrogen-bond acceptors (Lipinski definition) is 2. The summed E-state index contributed by atoms with van der Waals surface area (Å²) >= 11 is 0. The maximum absolute atomic E-state index is 11.5. The first-order valence-electron chi connectivity index (χ1n) is 5.37. The molecule has 2 N–H and O–H groups in total. The Labute approximate surface area is 81.9 Å². The van der Waals surface area contributed by atoms with Crippen molar-refractivity contribution in [3.8, 4) is 0 Å². The van der Waals surface area contributed by atoms with Gasteiger partial charge in [-0.1, -0.05) is 33.1 Å². The summed E-state index contributed by atoms with van der Waals surface area (Å²) in [6, 6.07) is -0.00123. The van der Waals surface area contributed by atoms with Crippen LogP contribution in [0.2, 0.25) is 0 Å². The molecule has 0 aromatic carbocycles. The summed E-state index contributed by atoms with van der Waals surface area (Å²) in [6.07, 6.45) is 5.37. The van der Waals surface area contributed by atoms with E-state index in [1.807, 2.05) is 13.8 Å². The molecule has 0 fully saturated rings. The highest BCUT2D eigenvalue weighted by Gasteiger charge is 2.15. The Morgan fingerprint density at radius 3 is 2.31 bits per heavy atom. The molecule has 0 rings (SSSR count). The standard InChI is InChI=1S/C11H23NO/c1-4-5-6-7-8-11(13)9(2)10(3)12/h9-10H,4-8,12H2,1-3H3. The second-order valence-corrected chi connectivity index (χ2v) is 3.92. The molecule has 0 saturated carbocycles. The van der Waals surface area contributed by atoms with Gasteiger partial charge in [0.2, 0.25) is 0 Å². The molecule has 2 nitrogen and oxygen atoms in total. The second kappa shape index (κ2) is 7.07. The average molecular weight is 185 g/mol. The van der Waals surface area contributed by atoms with Crippen LogP contribution in [-0.4, -0.2) is 11.8 Å². The van der Waals surface area contributed by atoms with Gasteiger partial charge >= 0.3 is 0 Å². The molecule has 0 aromatic heterocycles. The average Bonchev–Trinajstić information content (AvgIpc) is 2.10. The highest BCUT2D eigenvalue weighted by Crippen LogP contribution is 2.09. The lowest BCUT2D eigenvalue weighted by atomic mass is 9.95. The van der Waals surface area contributed by atoms with Crippen molar-refractivity contribution in [2.45, 2.75) is 58.9 Å². The summed E-state index contributed by atoms with van der Waals surface area (Å²) in [7, 11) is 0. The van der Waals surface area contributed by atoms with Gasteiger partial charge in [0.15, 0.2) is 0 Å². The molecule has 13 heavy (non-hydrogen) atoms. The summed E-state index contributed by atoms with van der Waals surface area (Å²) in [5.74, 6) is 0.354. The zero-order valence-corrected chi connectivity index (χ0v) is 9.18. The van der Waals surface area contributed by atoms with Gasteiger partial charge in [0.1, 0.15) is 5.78 Å². The van der Waals surface area contributed by atoms with Gasteiger partial charge in [-0.15, -0.1) is 0 Å². The number of carbonyl (C=O) groups is 1. The fourth-order valence-electron chi connectivity index (χ4n) is 1.25. The third-order valence-corrected chi connectivity index (χ3v) is 2.57. The summed E-state index contributed by atoms with van der Waals surface area (Å²) in [6.45, 7) is 5.99. The van der Waals surface area contributed by atoms with Gasteiger partial charge in [0.25, 0.3) is 0 Å². The molecule has 0 amide bonds. The van der Waals surface area contributed by atoms with Gasteiger partial charge in [-0.05, 0) is 13.3 Å². The predicted molar refractivity (Wildman–Crippen MR) is 56.6 cm³/mol. The van der Waals surface area contributed by atoms with E-state index in [4.69, 9.17) is 5.73 Å². The predicted octanol–water partition coefficient (Wildman–Crippen LogP) is 2.51. The minimum Gasteiger partial charge on any atom is -0.327 e. The Bertz CT molecular complexity index is 143. The summed E-state index contributed by atoms with van der Waals surface area (Å²) < 4.78 is 0. The second-order valence-electron chi connectivity index (χ2n) is 3.92. The monoisotopic (exact) mass is 185 g/mol. The van der Waals surface area contributed by atoms with Crippen LogP contribution in [0.15, 0.2) is 0 Å². The number of ketones is 1. The third kappa shape index (κ3) is 5.81. The SMILES string of the molecule is CCCCCCC(=O)C(C)C(C)N. The molecule has 2 atom stereocenters. The summed E-state index contributed by atoms with van der Waals surface area (Å²) in [4.78, 5) is 11.5. The van der Waals surface area contributed by atoms with Crippen LogP contribution in [-0.2, 0) is 4.79 Å². The number of unbranched alkanes of at least 4 members (excludes halogenated alkanes) is 3. The molecule has 0 aliphatic rings. The third-order valence-electron chi connectivity index (χ3n) is 2.57. The molecule has 0 spiro atoms. The van der Waals surface area contributed by atoms with Crippen molar-refractivity contribution in [3.63, 3.8) is 0 Å². The minimum atomic E-state index is -0.00123. The van der Waals surface area contributed by atoms with Gasteiger partial charge in [0, 0.05) is 18.4 Å². The van der Waals surface area contributed by atoms with Crippen LogP contribution in [0.1, 0.15) is 52.9 Å². The van der Waals surface area contributed by atoms with Crippen LogP contribution in [0.4, 0.5) is 0 Å². The van der Waals surface area contributed by atoms with Crippen molar-refractivity contribution < 1.29 is 4.79 Å². The van der Waals surface area contributed by atoms with E-state index in [1.165, 1.54) is 19.3 Å². The Morgan fingerprint density at radius 2 is 1.85 bits per heavy atom. The van der Waals surface area contributed by atoms with Gasteiger partial charge in [-0.25, -0.2) is 0 Å². The smallest absolute Gasteiger partial charge is 0.137 e. The number of Topliss-reactive ketones (excluding diaryl/α,β-unsaturated/α-hetero) is 1. The van der Waals surface area contributed by atoms with E-state index in [-0.39, 0.29) is 12.0 Å². The van der Waals surface area contributed by atoms with Crippen LogP contribution in [0.5, 0.6) is 0 Å². The number of carbonyl (C=O) groups excluding carboxylic acids is 1. The van der Waals surface area contributed by atoms with E-state index in [9.17, 15) is 4.79 Å². The van der Waals surface area contributed by atoms with Gasteiger partial charge in [-0.2, -0.15) is 0 Å². The molecule has 0 aliphatic heterocycles. The molecule has 0 radical (unpaired) electrons. The van der Waals surface area contributed by atoms with Crippen LogP contribution in [0.3, 0.4) is 0 Å². The zero-order valence-electron chi connectivity index (χ0n) is 9.18. The molecule has 2 heteroatoms. The molecular formula is C11H23NO. The number of rotatable bonds is 7. The molecular weight excluding hydrogens is 162 g/mol. The van der Waals surface area contributed by atoms with Crippen molar-refractivity contribution in [2.24, 2.45) is 11.7 Å². The fourth-order valence-corrected chi connectivity index (χ4v) is 1.25. The van der Waals surface area contributed by atoms with E-state index in [0.29, 0.717) is 12.2 Å². The quantitative estimate of drug-likeness (QED) is 0.619. The van der Waals surface area contributed by atoms with E-state index in [2.05, 4.69) is 6.92 Å². The van der Waals surface area contributed by atoms with E-state index in [1.54, 1.807) is 0 Å². The first-order chi connectivity index (χ1) is 6.09. The molecule has 2 unspecified atom stereocenters. The lowest BCUT2D eigenvalue weighted by molar-refractivity contribution is -0.122. The molecule has 0 aliphatic carbocycles. The van der Waals surface area contributed by atoms with Crippen molar-refractivity contribution in [1.29, 1.82) is 0 Å². The summed E-state index contributed by atoms with van der Waals surface area (Å²) in [5.41, 5.74) is 5.65. The normalized spacial score (nSPS) is 15.4. The topological polar surface area (TPSA) is 43.1 Å². The van der Waals surface area contributed by atoms with E-state index in [0.717, 1.165) is 6.42 Å². The Hall–Kier alpha value is -0.370. The first-order valence-corrected chi connectivity index (χ1v) is 5.37. The molecule has 0 aromatic rings. The summed E-state index contributed by atoms with van der Waals surface area (Å²) in [5, 5.41) is 0. The highest BCUT2D eigenvalue weighted by molar-refractivity contribution is 5.81. The Morgan fingerprint density at radius 1 is 1.23 bits per heavy atom. The molecule has 0 heterocycles. The van der Waals surface area contributed by atoms with Gasteiger partial charge in [0.05, 0.1) is 0 Å². The molecule has 0 saturated heterocycles. The lowest BCUT2D eigenvalue weighted by Crippen LogP contribution is -2.30. The Balaban J connectivity index is 3.50. The number of hydrogen-bond donors (Lipinski definition) is 1. The maximum Gasteiger partial charge on any atom is 0.137 e. The van der Waals surface area contributed by atoms with E-state index >= 15 is 0 Å². The van der Waals surface area contributed by atoms with Crippen LogP contribution in [0.25, 0.3) is 0 Å². The van der Waals surface area contributed by atoms with Crippen molar-refractivity contribution in [3.05, 3.63) is 0 Å². The van der Waals surface area contributed by atoms with Crippen molar-refractivity contribution in [1.82, 2.24) is 0 Å². The van der Waals surface area contributed by atoms with Crippen LogP contribution in [0, 0.1) is 5.92 Å². The maximum atomic E-state index is 11.5. The van der Waals surface area contributed by atoms with Crippen LogP contribution < -0.4 is 5.73 Å². The van der Waals surface area contributed by atoms with Crippen molar-refractivity contribution >= 4 is 5.78 Å². The first kappa shape index (κ1) is 12.6. The Kier molecular flexibility index (Phi) is 6.87. The zero-order chi connectivity index (χ0) is 10.3. The van der Waals surface area contributed by atoms with Crippen LogP contribution >= 0.6 is 0 Å². The highest BCUT2D eigenvalue weighted by atomic mass is 16.1. The minimum absolute atomic E-state index is 0.00123. The fraction of sp³-hybridized carbons (Fsp3) is 0.909. The lowest BCUT2D eigenvalue weighted by Gasteiger charge is -2.13. The molecule has 0 bridgehead atoms. The van der Waals surface area contributed by atoms with Crippen molar-refractivity contribution in [2.75, 3.05) is 0 Å². The molecule has 78 valence electrons. The largest absolute Gasteiger partial charge is 0.327 e. The van der Waals surface area contributed by atoms with E-state index < -0.39 is 0 Å². The van der Waals surface area contributed by atoms with Gasteiger partial charge < -0.3 is 5.73 Å². The van der Waals surface area contributed by atoms with Gasteiger partial charge in [-0.3, -0.25) is 4.79 Å². The number of nitrogens with two attached hydrogens (primary N) is 1.